The van der Waals surface area contributed by atoms with Crippen LogP contribution in [0.25, 0.3) is 0 Å². The molecule has 2 unspecified atom stereocenters. The Hall–Kier alpha value is -2.44. The number of hydrogen-bond acceptors (Lipinski definition) is 5. The van der Waals surface area contributed by atoms with E-state index in [0.717, 1.165) is 26.2 Å². The molecule has 2 aliphatic heterocycles. The van der Waals surface area contributed by atoms with Crippen molar-refractivity contribution in [2.24, 2.45) is 11.8 Å². The first-order chi connectivity index (χ1) is 10.8. The summed E-state index contributed by atoms with van der Waals surface area (Å²) in [6.07, 6.45) is 0.234. The van der Waals surface area contributed by atoms with Crippen LogP contribution in [-0.2, 0) is 11.2 Å². The van der Waals surface area contributed by atoms with E-state index in [-0.39, 0.29) is 12.3 Å². The summed E-state index contributed by atoms with van der Waals surface area (Å²) in [6, 6.07) is 10.5. The molecule has 0 bridgehead atoms. The zero-order valence-corrected chi connectivity index (χ0v) is 12.2. The number of nitrogens with zero attached hydrogens (tertiary/aromatic N) is 5. The zero-order valence-electron chi connectivity index (χ0n) is 12.2. The largest absolute Gasteiger partial charge is 0.371 e. The first-order valence-corrected chi connectivity index (χ1v) is 7.59. The van der Waals surface area contributed by atoms with Crippen LogP contribution in [0.1, 0.15) is 5.82 Å². The maximum absolute atomic E-state index is 12.3. The first-order valence-electron chi connectivity index (χ1n) is 7.59. The molecular weight excluding hydrogens is 280 g/mol. The number of aromatic amines is 1. The molecule has 0 spiro atoms. The van der Waals surface area contributed by atoms with Gasteiger partial charge < -0.3 is 9.80 Å². The molecule has 2 aliphatic rings. The van der Waals surface area contributed by atoms with Crippen LogP contribution < -0.4 is 4.90 Å². The number of para-hydroxylation sites is 1. The molecule has 1 aromatic carbocycles. The van der Waals surface area contributed by atoms with Crippen LogP contribution in [0.15, 0.2) is 30.3 Å². The summed E-state index contributed by atoms with van der Waals surface area (Å²) < 4.78 is 0. The number of tetrazole rings is 1. The summed E-state index contributed by atoms with van der Waals surface area (Å²) in [5.74, 6) is 1.69. The molecule has 0 radical (unpaired) electrons. The molecule has 22 heavy (non-hydrogen) atoms. The third-order valence-corrected chi connectivity index (χ3v) is 4.66. The van der Waals surface area contributed by atoms with Crippen LogP contribution in [0, 0.1) is 11.8 Å². The highest BCUT2D eigenvalue weighted by Crippen LogP contribution is 2.33. The fraction of sp³-hybridized carbons (Fsp3) is 0.467. The lowest BCUT2D eigenvalue weighted by molar-refractivity contribution is -0.129. The summed E-state index contributed by atoms with van der Waals surface area (Å²) in [7, 11) is 0. The van der Waals surface area contributed by atoms with E-state index in [4.69, 9.17) is 0 Å². The van der Waals surface area contributed by atoms with Crippen molar-refractivity contribution < 1.29 is 4.79 Å². The topological polar surface area (TPSA) is 78.0 Å². The average molecular weight is 298 g/mol. The van der Waals surface area contributed by atoms with E-state index in [1.54, 1.807) is 0 Å². The molecule has 3 heterocycles. The quantitative estimate of drug-likeness (QED) is 0.884. The highest BCUT2D eigenvalue weighted by Gasteiger charge is 2.41. The minimum absolute atomic E-state index is 0.0991. The minimum atomic E-state index is 0.0991. The fourth-order valence-corrected chi connectivity index (χ4v) is 3.55. The van der Waals surface area contributed by atoms with E-state index in [0.29, 0.717) is 17.7 Å². The van der Waals surface area contributed by atoms with Crippen molar-refractivity contribution in [1.82, 2.24) is 25.5 Å². The highest BCUT2D eigenvalue weighted by atomic mass is 16.2. The predicted octanol–water partition coefficient (Wildman–Crippen LogP) is 0.337. The lowest BCUT2D eigenvalue weighted by Gasteiger charge is -2.23. The van der Waals surface area contributed by atoms with Gasteiger partial charge >= 0.3 is 0 Å². The van der Waals surface area contributed by atoms with Crippen LogP contribution in [0.2, 0.25) is 0 Å². The number of aromatic nitrogens is 4. The summed E-state index contributed by atoms with van der Waals surface area (Å²) >= 11 is 0. The van der Waals surface area contributed by atoms with Crippen LogP contribution >= 0.6 is 0 Å². The normalized spacial score (nSPS) is 23.8. The SMILES string of the molecule is O=C(Cc1nn[nH]n1)N1CC2CN(c3ccccc3)CC2C1. The van der Waals surface area contributed by atoms with Gasteiger partial charge in [0.05, 0.1) is 6.42 Å². The Morgan fingerprint density at radius 3 is 2.50 bits per heavy atom. The lowest BCUT2D eigenvalue weighted by Crippen LogP contribution is -2.34. The number of rotatable bonds is 3. The van der Waals surface area contributed by atoms with Gasteiger partial charge in [-0.2, -0.15) is 5.21 Å². The number of fused-ring (bicyclic) bond motifs is 1. The zero-order chi connectivity index (χ0) is 14.9. The molecule has 1 N–H and O–H groups in total. The second kappa shape index (κ2) is 5.40. The number of anilines is 1. The molecule has 2 fully saturated rings. The van der Waals surface area contributed by atoms with E-state index in [1.165, 1.54) is 5.69 Å². The molecule has 0 aliphatic carbocycles. The molecule has 7 heteroatoms. The Morgan fingerprint density at radius 2 is 1.86 bits per heavy atom. The first kappa shape index (κ1) is 13.2. The van der Waals surface area contributed by atoms with Crippen molar-refractivity contribution in [2.75, 3.05) is 31.1 Å². The predicted molar refractivity (Wildman–Crippen MR) is 80.1 cm³/mol. The summed E-state index contributed by atoms with van der Waals surface area (Å²) in [5.41, 5.74) is 1.28. The van der Waals surface area contributed by atoms with Gasteiger partial charge in [0.15, 0.2) is 5.82 Å². The van der Waals surface area contributed by atoms with Crippen molar-refractivity contribution in [3.05, 3.63) is 36.2 Å². The van der Waals surface area contributed by atoms with Gasteiger partial charge in [-0.1, -0.05) is 23.4 Å². The molecule has 114 valence electrons. The van der Waals surface area contributed by atoms with Gasteiger partial charge in [0, 0.05) is 43.7 Å². The maximum Gasteiger partial charge on any atom is 0.230 e. The summed E-state index contributed by atoms with van der Waals surface area (Å²) in [6.45, 7) is 3.73. The average Bonchev–Trinajstić information content (AvgIpc) is 3.23. The number of amides is 1. The second-order valence-electron chi connectivity index (χ2n) is 6.06. The van der Waals surface area contributed by atoms with Crippen molar-refractivity contribution in [3.63, 3.8) is 0 Å². The van der Waals surface area contributed by atoms with Crippen molar-refractivity contribution in [2.45, 2.75) is 6.42 Å². The number of H-pyrrole nitrogens is 1. The van der Waals surface area contributed by atoms with E-state index >= 15 is 0 Å². The number of carbonyl (C=O) groups is 1. The second-order valence-corrected chi connectivity index (χ2v) is 6.06. The van der Waals surface area contributed by atoms with Crippen LogP contribution in [-0.4, -0.2) is 57.6 Å². The molecule has 2 aromatic rings. The van der Waals surface area contributed by atoms with Gasteiger partial charge in [-0.3, -0.25) is 4.79 Å². The molecule has 0 saturated carbocycles. The molecule has 2 saturated heterocycles. The van der Waals surface area contributed by atoms with Crippen molar-refractivity contribution in [1.29, 1.82) is 0 Å². The van der Waals surface area contributed by atoms with Gasteiger partial charge in [0.25, 0.3) is 0 Å². The van der Waals surface area contributed by atoms with Gasteiger partial charge in [0.2, 0.25) is 5.91 Å². The van der Waals surface area contributed by atoms with E-state index in [2.05, 4.69) is 49.8 Å². The van der Waals surface area contributed by atoms with E-state index in [1.807, 2.05) is 11.0 Å². The molecule has 4 rings (SSSR count). The van der Waals surface area contributed by atoms with Gasteiger partial charge in [-0.05, 0) is 12.1 Å². The van der Waals surface area contributed by atoms with Crippen LogP contribution in [0.5, 0.6) is 0 Å². The third-order valence-electron chi connectivity index (χ3n) is 4.66. The summed E-state index contributed by atoms with van der Waals surface area (Å²) in [5, 5.41) is 13.6. The van der Waals surface area contributed by atoms with E-state index < -0.39 is 0 Å². The standard InChI is InChI=1S/C15H18N6O/c22-15(6-14-16-18-19-17-14)21-9-11-7-20(8-12(11)10-21)13-4-2-1-3-5-13/h1-5,11-12H,6-10H2,(H,16,17,18,19). The minimum Gasteiger partial charge on any atom is -0.371 e. The number of likely N-dealkylation sites (tertiary alicyclic amines) is 1. The maximum atomic E-state index is 12.3. The van der Waals surface area contributed by atoms with E-state index in [9.17, 15) is 4.79 Å². The van der Waals surface area contributed by atoms with Crippen molar-refractivity contribution >= 4 is 11.6 Å². The molecule has 1 amide bonds. The smallest absolute Gasteiger partial charge is 0.230 e. The molecule has 1 aromatic heterocycles. The number of carbonyl (C=O) groups excluding carboxylic acids is 1. The van der Waals surface area contributed by atoms with Gasteiger partial charge in [-0.25, -0.2) is 0 Å². The Balaban J connectivity index is 1.36. The molecular formula is C15H18N6O. The fourth-order valence-electron chi connectivity index (χ4n) is 3.55. The Kier molecular flexibility index (Phi) is 3.25. The van der Waals surface area contributed by atoms with Crippen LogP contribution in [0.4, 0.5) is 5.69 Å². The monoisotopic (exact) mass is 298 g/mol. The van der Waals surface area contributed by atoms with Crippen molar-refractivity contribution in [3.8, 4) is 0 Å². The summed E-state index contributed by atoms with van der Waals surface area (Å²) in [4.78, 5) is 16.7. The number of nitrogens with one attached hydrogen (secondary N) is 1. The Morgan fingerprint density at radius 1 is 1.14 bits per heavy atom. The van der Waals surface area contributed by atoms with Gasteiger partial charge in [-0.15, -0.1) is 10.2 Å². The molecule has 2 atom stereocenters. The number of hydrogen-bond donors (Lipinski definition) is 1. The van der Waals surface area contributed by atoms with Crippen LogP contribution in [0.3, 0.4) is 0 Å². The Labute approximate surface area is 128 Å². The highest BCUT2D eigenvalue weighted by molar-refractivity contribution is 5.78. The molecule has 7 nitrogen and oxygen atoms in total. The lowest BCUT2D eigenvalue weighted by atomic mass is 10.0. The Bertz CT molecular complexity index is 629. The van der Waals surface area contributed by atoms with Gasteiger partial charge in [0.1, 0.15) is 0 Å². The number of benzene rings is 1. The third kappa shape index (κ3) is 2.43.